The maximum absolute atomic E-state index is 9.41. The number of β-amino-alcohol motifs (C(OH)–C–C–N with tert-alkyl or cyclic N) is 2. The summed E-state index contributed by atoms with van der Waals surface area (Å²) in [6.07, 6.45) is 0.0163. The highest BCUT2D eigenvalue weighted by molar-refractivity contribution is 7.80. The molecule has 4 N–H and O–H groups in total. The zero-order valence-corrected chi connectivity index (χ0v) is 9.26. The quantitative estimate of drug-likeness (QED) is 0.550. The van der Waals surface area contributed by atoms with Gasteiger partial charge in [0.05, 0.1) is 12.2 Å². The van der Waals surface area contributed by atoms with Crippen LogP contribution in [0.15, 0.2) is 12.3 Å². The Morgan fingerprint density at radius 1 is 1.44 bits per heavy atom. The van der Waals surface area contributed by atoms with E-state index in [1.54, 1.807) is 17.2 Å². The van der Waals surface area contributed by atoms with Crippen molar-refractivity contribution in [2.75, 3.05) is 18.0 Å². The second kappa shape index (κ2) is 4.28. The van der Waals surface area contributed by atoms with Gasteiger partial charge in [0, 0.05) is 19.3 Å². The van der Waals surface area contributed by atoms with Crippen LogP contribution in [0, 0.1) is 0 Å². The summed E-state index contributed by atoms with van der Waals surface area (Å²) in [6, 6.07) is 1.62. The number of thiocarbonyl (C=S) groups is 1. The van der Waals surface area contributed by atoms with Crippen LogP contribution in [0.1, 0.15) is 5.69 Å². The molecule has 1 aromatic heterocycles. The number of nitrogens with two attached hydrogens (primary N) is 1. The van der Waals surface area contributed by atoms with Crippen LogP contribution < -0.4 is 10.6 Å². The molecule has 0 spiro atoms. The van der Waals surface area contributed by atoms with Crippen molar-refractivity contribution in [1.29, 1.82) is 0 Å². The monoisotopic (exact) mass is 240 g/mol. The van der Waals surface area contributed by atoms with Crippen molar-refractivity contribution in [3.8, 4) is 0 Å². The molecule has 16 heavy (non-hydrogen) atoms. The van der Waals surface area contributed by atoms with E-state index in [9.17, 15) is 10.2 Å². The fourth-order valence-corrected chi connectivity index (χ4v) is 1.68. The van der Waals surface area contributed by atoms with Gasteiger partial charge >= 0.3 is 0 Å². The summed E-state index contributed by atoms with van der Waals surface area (Å²) >= 11 is 4.81. The Hall–Kier alpha value is -1.31. The van der Waals surface area contributed by atoms with Crippen LogP contribution in [0.3, 0.4) is 0 Å². The third-order valence-corrected chi connectivity index (χ3v) is 2.65. The first kappa shape index (κ1) is 11.2. The predicted octanol–water partition coefficient (Wildman–Crippen LogP) is -1.35. The van der Waals surface area contributed by atoms with Crippen molar-refractivity contribution in [3.63, 3.8) is 0 Å². The molecule has 0 aromatic carbocycles. The minimum absolute atomic E-state index is 0.198. The lowest BCUT2D eigenvalue weighted by atomic mass is 10.3. The van der Waals surface area contributed by atoms with E-state index in [-0.39, 0.29) is 4.99 Å². The van der Waals surface area contributed by atoms with Crippen LogP contribution in [-0.2, 0) is 0 Å². The number of aromatic nitrogens is 2. The molecule has 2 heterocycles. The zero-order chi connectivity index (χ0) is 11.7. The molecule has 6 nitrogen and oxygen atoms in total. The molecule has 0 radical (unpaired) electrons. The van der Waals surface area contributed by atoms with Crippen molar-refractivity contribution >= 4 is 23.2 Å². The number of hydrogen-bond acceptors (Lipinski definition) is 6. The molecule has 1 aromatic rings. The highest BCUT2D eigenvalue weighted by Crippen LogP contribution is 2.16. The van der Waals surface area contributed by atoms with Gasteiger partial charge in [-0.2, -0.15) is 0 Å². The maximum atomic E-state index is 9.41. The first-order valence-electron chi connectivity index (χ1n) is 4.82. The van der Waals surface area contributed by atoms with Gasteiger partial charge in [-0.05, 0) is 6.07 Å². The second-order valence-electron chi connectivity index (χ2n) is 3.65. The molecular weight excluding hydrogens is 228 g/mol. The topological polar surface area (TPSA) is 95.5 Å². The van der Waals surface area contributed by atoms with Crippen LogP contribution in [0.5, 0.6) is 0 Å². The number of hydrogen-bond donors (Lipinski definition) is 3. The lowest BCUT2D eigenvalue weighted by molar-refractivity contribution is 0.0572. The van der Waals surface area contributed by atoms with Gasteiger partial charge < -0.3 is 20.8 Å². The molecule has 0 aliphatic carbocycles. The Bertz CT molecular complexity index is 404. The van der Waals surface area contributed by atoms with Crippen LogP contribution in [0.4, 0.5) is 5.95 Å². The fourth-order valence-electron chi connectivity index (χ4n) is 1.57. The second-order valence-corrected chi connectivity index (χ2v) is 4.09. The van der Waals surface area contributed by atoms with E-state index >= 15 is 0 Å². The number of aliphatic hydroxyl groups is 2. The lowest BCUT2D eigenvalue weighted by Gasteiger charge is -2.15. The molecule has 0 saturated carbocycles. The highest BCUT2D eigenvalue weighted by Gasteiger charge is 2.31. The fraction of sp³-hybridized carbons (Fsp3) is 0.444. The normalized spacial score (nSPS) is 24.8. The summed E-state index contributed by atoms with van der Waals surface area (Å²) in [5, 5.41) is 18.8. The van der Waals surface area contributed by atoms with Gasteiger partial charge in [0.15, 0.2) is 0 Å². The van der Waals surface area contributed by atoms with Crippen LogP contribution in [-0.4, -0.2) is 50.5 Å². The number of aliphatic hydroxyl groups excluding tert-OH is 2. The zero-order valence-electron chi connectivity index (χ0n) is 8.45. The highest BCUT2D eigenvalue weighted by atomic mass is 32.1. The van der Waals surface area contributed by atoms with Gasteiger partial charge in [-0.3, -0.25) is 0 Å². The largest absolute Gasteiger partial charge is 0.388 e. The van der Waals surface area contributed by atoms with Crippen molar-refractivity contribution < 1.29 is 10.2 Å². The molecule has 86 valence electrons. The van der Waals surface area contributed by atoms with Gasteiger partial charge in [0.1, 0.15) is 10.7 Å². The molecule has 1 fully saturated rings. The average Bonchev–Trinajstić information content (AvgIpc) is 2.59. The first-order valence-corrected chi connectivity index (χ1v) is 5.22. The van der Waals surface area contributed by atoms with Crippen molar-refractivity contribution in [2.24, 2.45) is 5.73 Å². The Morgan fingerprint density at radius 2 is 2.06 bits per heavy atom. The minimum atomic E-state index is -0.767. The third-order valence-electron chi connectivity index (χ3n) is 2.44. The molecule has 1 saturated heterocycles. The van der Waals surface area contributed by atoms with Gasteiger partial charge in [-0.1, -0.05) is 12.2 Å². The van der Waals surface area contributed by atoms with Gasteiger partial charge in [-0.15, -0.1) is 0 Å². The SMILES string of the molecule is NC(=S)c1ccnc(N2CC(O)C(O)C2)n1. The summed E-state index contributed by atoms with van der Waals surface area (Å²) in [6.45, 7) is 0.615. The number of nitrogens with zero attached hydrogens (tertiary/aromatic N) is 3. The molecule has 0 amide bonds. The Morgan fingerprint density at radius 3 is 2.62 bits per heavy atom. The molecule has 7 heteroatoms. The van der Waals surface area contributed by atoms with Gasteiger partial charge in [0.25, 0.3) is 0 Å². The number of rotatable bonds is 2. The standard InChI is InChI=1S/C9H12N4O2S/c10-8(16)5-1-2-11-9(12-5)13-3-6(14)7(15)4-13/h1-2,6-7,14-15H,3-4H2,(H2,10,16). The van der Waals surface area contributed by atoms with Gasteiger partial charge in [-0.25, -0.2) is 9.97 Å². The molecule has 2 unspecified atom stereocenters. The van der Waals surface area contributed by atoms with E-state index in [1.807, 2.05) is 0 Å². The summed E-state index contributed by atoms with van der Waals surface area (Å²) < 4.78 is 0. The predicted molar refractivity (Wildman–Crippen MR) is 62.1 cm³/mol. The van der Waals surface area contributed by atoms with Crippen molar-refractivity contribution in [1.82, 2.24) is 9.97 Å². The van der Waals surface area contributed by atoms with Crippen molar-refractivity contribution in [2.45, 2.75) is 12.2 Å². The van der Waals surface area contributed by atoms with E-state index in [1.165, 1.54) is 0 Å². The average molecular weight is 240 g/mol. The Labute approximate surface area is 97.7 Å². The van der Waals surface area contributed by atoms with E-state index in [0.29, 0.717) is 24.7 Å². The Kier molecular flexibility index (Phi) is 2.99. The van der Waals surface area contributed by atoms with E-state index < -0.39 is 12.2 Å². The first-order chi connectivity index (χ1) is 7.58. The molecule has 2 rings (SSSR count). The van der Waals surface area contributed by atoms with Crippen LogP contribution in [0.2, 0.25) is 0 Å². The summed E-state index contributed by atoms with van der Waals surface area (Å²) in [4.78, 5) is 10.1. The summed E-state index contributed by atoms with van der Waals surface area (Å²) in [5.41, 5.74) is 5.94. The van der Waals surface area contributed by atoms with Crippen molar-refractivity contribution in [3.05, 3.63) is 18.0 Å². The summed E-state index contributed by atoms with van der Waals surface area (Å²) in [7, 11) is 0. The molecule has 1 aliphatic heterocycles. The van der Waals surface area contributed by atoms with E-state index in [4.69, 9.17) is 18.0 Å². The summed E-state index contributed by atoms with van der Waals surface area (Å²) in [5.74, 6) is 0.418. The maximum Gasteiger partial charge on any atom is 0.226 e. The number of anilines is 1. The smallest absolute Gasteiger partial charge is 0.226 e. The minimum Gasteiger partial charge on any atom is -0.388 e. The molecule has 0 bridgehead atoms. The molecule has 1 aliphatic rings. The Balaban J connectivity index is 2.21. The lowest BCUT2D eigenvalue weighted by Crippen LogP contribution is -2.24. The van der Waals surface area contributed by atoms with Gasteiger partial charge in [0.2, 0.25) is 5.95 Å². The van der Waals surface area contributed by atoms with Crippen LogP contribution in [0.25, 0.3) is 0 Å². The van der Waals surface area contributed by atoms with E-state index in [0.717, 1.165) is 0 Å². The molecular formula is C9H12N4O2S. The third kappa shape index (κ3) is 2.11. The van der Waals surface area contributed by atoms with Crippen LogP contribution >= 0.6 is 12.2 Å². The molecule has 2 atom stereocenters. The van der Waals surface area contributed by atoms with E-state index in [2.05, 4.69) is 9.97 Å².